The molecular formula is C18H22N6O. The van der Waals surface area contributed by atoms with Crippen LogP contribution in [0.1, 0.15) is 24.3 Å². The normalized spacial score (nSPS) is 16.2. The van der Waals surface area contributed by atoms with Crippen molar-refractivity contribution in [3.63, 3.8) is 0 Å². The van der Waals surface area contributed by atoms with E-state index in [-0.39, 0.29) is 5.95 Å². The van der Waals surface area contributed by atoms with E-state index in [9.17, 15) is 0 Å². The Morgan fingerprint density at radius 1 is 1.16 bits per heavy atom. The number of nitrogens with one attached hydrogen (secondary N) is 1. The summed E-state index contributed by atoms with van der Waals surface area (Å²) in [5.41, 5.74) is 8.24. The van der Waals surface area contributed by atoms with Crippen LogP contribution in [0.25, 0.3) is 5.88 Å². The minimum atomic E-state index is 0.278. The first-order valence-corrected chi connectivity index (χ1v) is 8.51. The number of nitrogens with two attached hydrogens (primary N) is 1. The fourth-order valence-corrected chi connectivity index (χ4v) is 3.24. The highest BCUT2D eigenvalue weighted by Gasteiger charge is 2.18. The third-order valence-corrected chi connectivity index (χ3v) is 4.70. The second kappa shape index (κ2) is 6.60. The van der Waals surface area contributed by atoms with Crippen LogP contribution in [0.15, 0.2) is 47.1 Å². The molecule has 0 amide bonds. The van der Waals surface area contributed by atoms with Crippen LogP contribution in [-0.4, -0.2) is 39.8 Å². The van der Waals surface area contributed by atoms with Gasteiger partial charge in [-0.15, -0.1) is 5.10 Å². The van der Waals surface area contributed by atoms with Crippen LogP contribution in [-0.2, 0) is 0 Å². The molecule has 7 heteroatoms. The summed E-state index contributed by atoms with van der Waals surface area (Å²) in [4.78, 5) is 6.62. The number of aromatic nitrogens is 3. The van der Waals surface area contributed by atoms with Gasteiger partial charge < -0.3 is 20.4 Å². The van der Waals surface area contributed by atoms with Gasteiger partial charge in [0.2, 0.25) is 17.8 Å². The molecule has 130 valence electrons. The first-order chi connectivity index (χ1) is 12.2. The maximum absolute atomic E-state index is 5.90. The predicted octanol–water partition coefficient (Wildman–Crippen LogP) is 3.00. The quantitative estimate of drug-likeness (QED) is 0.761. The van der Waals surface area contributed by atoms with Crippen molar-refractivity contribution in [2.45, 2.75) is 18.8 Å². The zero-order valence-electron chi connectivity index (χ0n) is 14.2. The molecule has 0 radical (unpaired) electrons. The van der Waals surface area contributed by atoms with E-state index in [0.29, 0.717) is 17.8 Å². The first kappa shape index (κ1) is 15.7. The molecule has 1 aliphatic heterocycles. The molecule has 1 aliphatic rings. The SMILES string of the molecule is CN1CCC(c2ccc(Nc3nc(N)n(-c4ccco4)n3)cc2)CC1. The van der Waals surface area contributed by atoms with E-state index in [1.807, 2.05) is 0 Å². The standard InChI is InChI=1S/C18H22N6O/c1-23-10-8-14(9-11-23)13-4-6-15(7-5-13)20-18-21-17(19)24(22-18)16-3-2-12-25-16/h2-7,12,14H,8-11H2,1H3,(H3,19,20,21,22). The molecule has 2 aromatic heterocycles. The van der Waals surface area contributed by atoms with E-state index >= 15 is 0 Å². The van der Waals surface area contributed by atoms with Crippen molar-refractivity contribution < 1.29 is 4.42 Å². The lowest BCUT2D eigenvalue weighted by Gasteiger charge is -2.29. The molecule has 1 fully saturated rings. The molecule has 0 atom stereocenters. The van der Waals surface area contributed by atoms with Crippen LogP contribution in [0.5, 0.6) is 0 Å². The summed E-state index contributed by atoms with van der Waals surface area (Å²) in [6.45, 7) is 2.33. The number of piperidine rings is 1. The van der Waals surface area contributed by atoms with Crippen molar-refractivity contribution in [3.05, 3.63) is 48.2 Å². The Labute approximate surface area is 146 Å². The molecule has 25 heavy (non-hydrogen) atoms. The number of furan rings is 1. The highest BCUT2D eigenvalue weighted by molar-refractivity contribution is 5.55. The summed E-state index contributed by atoms with van der Waals surface area (Å²) in [6.07, 6.45) is 4.01. The predicted molar refractivity (Wildman–Crippen MR) is 97.2 cm³/mol. The molecule has 0 unspecified atom stereocenters. The van der Waals surface area contributed by atoms with Gasteiger partial charge in [-0.3, -0.25) is 0 Å². The van der Waals surface area contributed by atoms with Gasteiger partial charge in [0.1, 0.15) is 0 Å². The number of nitrogen functional groups attached to an aromatic ring is 1. The molecule has 3 N–H and O–H groups in total. The second-order valence-electron chi connectivity index (χ2n) is 6.48. The number of hydrogen-bond donors (Lipinski definition) is 2. The zero-order valence-corrected chi connectivity index (χ0v) is 14.2. The molecule has 1 aromatic carbocycles. The average molecular weight is 338 g/mol. The first-order valence-electron chi connectivity index (χ1n) is 8.51. The lowest BCUT2D eigenvalue weighted by molar-refractivity contribution is 0.255. The Hall–Kier alpha value is -2.80. The maximum atomic E-state index is 5.90. The van der Waals surface area contributed by atoms with Gasteiger partial charge in [0, 0.05) is 11.8 Å². The number of anilines is 3. The monoisotopic (exact) mass is 338 g/mol. The summed E-state index contributed by atoms with van der Waals surface area (Å²) >= 11 is 0. The molecule has 0 saturated carbocycles. The summed E-state index contributed by atoms with van der Waals surface area (Å²) in [7, 11) is 2.18. The number of hydrogen-bond acceptors (Lipinski definition) is 6. The van der Waals surface area contributed by atoms with Gasteiger partial charge in [0.15, 0.2) is 0 Å². The van der Waals surface area contributed by atoms with Gasteiger partial charge in [-0.2, -0.15) is 9.67 Å². The van der Waals surface area contributed by atoms with E-state index in [4.69, 9.17) is 10.2 Å². The summed E-state index contributed by atoms with van der Waals surface area (Å²) < 4.78 is 6.77. The number of nitrogens with zero attached hydrogens (tertiary/aromatic N) is 4. The van der Waals surface area contributed by atoms with Crippen LogP contribution in [0, 0.1) is 0 Å². The van der Waals surface area contributed by atoms with Crippen LogP contribution < -0.4 is 11.1 Å². The van der Waals surface area contributed by atoms with E-state index in [1.54, 1.807) is 18.4 Å². The van der Waals surface area contributed by atoms with Crippen LogP contribution in [0.3, 0.4) is 0 Å². The van der Waals surface area contributed by atoms with Crippen molar-refractivity contribution in [1.29, 1.82) is 0 Å². The van der Waals surface area contributed by atoms with Crippen molar-refractivity contribution in [3.8, 4) is 5.88 Å². The number of likely N-dealkylation sites (tertiary alicyclic amines) is 1. The van der Waals surface area contributed by atoms with Gasteiger partial charge in [-0.1, -0.05) is 12.1 Å². The van der Waals surface area contributed by atoms with Gasteiger partial charge in [0.05, 0.1) is 6.26 Å². The Balaban J connectivity index is 1.46. The van der Waals surface area contributed by atoms with E-state index in [0.717, 1.165) is 18.8 Å². The molecule has 4 rings (SSSR count). The Morgan fingerprint density at radius 3 is 2.60 bits per heavy atom. The second-order valence-corrected chi connectivity index (χ2v) is 6.48. The minimum Gasteiger partial charge on any atom is -0.447 e. The molecule has 1 saturated heterocycles. The Kier molecular flexibility index (Phi) is 4.15. The van der Waals surface area contributed by atoms with Crippen LogP contribution >= 0.6 is 0 Å². The third-order valence-electron chi connectivity index (χ3n) is 4.70. The van der Waals surface area contributed by atoms with Crippen molar-refractivity contribution in [2.24, 2.45) is 0 Å². The topological polar surface area (TPSA) is 85.1 Å². The summed E-state index contributed by atoms with van der Waals surface area (Å²) in [5.74, 6) is 1.91. The smallest absolute Gasteiger partial charge is 0.248 e. The lowest BCUT2D eigenvalue weighted by atomic mass is 9.89. The molecule has 0 spiro atoms. The number of rotatable bonds is 4. The molecule has 7 nitrogen and oxygen atoms in total. The fraction of sp³-hybridized carbons (Fsp3) is 0.333. The van der Waals surface area contributed by atoms with Crippen LogP contribution in [0.2, 0.25) is 0 Å². The molecule has 3 heterocycles. The average Bonchev–Trinajstić information content (AvgIpc) is 3.26. The van der Waals surface area contributed by atoms with Gasteiger partial charge >= 0.3 is 0 Å². The maximum Gasteiger partial charge on any atom is 0.248 e. The molecule has 0 bridgehead atoms. The highest BCUT2D eigenvalue weighted by Crippen LogP contribution is 2.28. The lowest BCUT2D eigenvalue weighted by Crippen LogP contribution is -2.29. The molecule has 0 aliphatic carbocycles. The van der Waals surface area contributed by atoms with E-state index in [1.165, 1.54) is 23.1 Å². The summed E-state index contributed by atoms with van der Waals surface area (Å²) in [6, 6.07) is 12.1. The van der Waals surface area contributed by atoms with Crippen molar-refractivity contribution in [2.75, 3.05) is 31.2 Å². The fourth-order valence-electron chi connectivity index (χ4n) is 3.24. The van der Waals surface area contributed by atoms with Crippen LogP contribution in [0.4, 0.5) is 17.6 Å². The molecular weight excluding hydrogens is 316 g/mol. The van der Waals surface area contributed by atoms with Gasteiger partial charge in [0.25, 0.3) is 0 Å². The van der Waals surface area contributed by atoms with E-state index in [2.05, 4.69) is 51.6 Å². The van der Waals surface area contributed by atoms with E-state index < -0.39 is 0 Å². The zero-order chi connectivity index (χ0) is 17.2. The van der Waals surface area contributed by atoms with Gasteiger partial charge in [-0.25, -0.2) is 0 Å². The summed E-state index contributed by atoms with van der Waals surface area (Å²) in [5, 5.41) is 7.53. The van der Waals surface area contributed by atoms with Crippen molar-refractivity contribution >= 4 is 17.6 Å². The number of benzene rings is 1. The van der Waals surface area contributed by atoms with Crippen molar-refractivity contribution in [1.82, 2.24) is 19.7 Å². The highest BCUT2D eigenvalue weighted by atomic mass is 16.3. The largest absolute Gasteiger partial charge is 0.447 e. The van der Waals surface area contributed by atoms with Gasteiger partial charge in [-0.05, 0) is 62.7 Å². The molecule has 3 aromatic rings. The third kappa shape index (κ3) is 3.36. The minimum absolute atomic E-state index is 0.278. The Bertz CT molecular complexity index is 816. The Morgan fingerprint density at radius 2 is 1.92 bits per heavy atom.